The monoisotopic (exact) mass is 260 g/mol. The third-order valence-electron chi connectivity index (χ3n) is 1.91. The fraction of sp³-hybridized carbons (Fsp3) is 0.100. The molecule has 1 aromatic heterocycles. The lowest BCUT2D eigenvalue weighted by atomic mass is 10.1. The number of benzene rings is 1. The molecule has 7 heteroatoms. The standard InChI is InChI=1S/C10H7F3N2OS/c11-10(12,13)17-7-3-1-6(2-4-7)8-5-9(14)16-15-8/h1-5H,14H2. The lowest BCUT2D eigenvalue weighted by Crippen LogP contribution is -1.98. The van der Waals surface area contributed by atoms with Gasteiger partial charge in [-0.25, -0.2) is 0 Å². The summed E-state index contributed by atoms with van der Waals surface area (Å²) in [6.45, 7) is 0. The maximum atomic E-state index is 12.1. The topological polar surface area (TPSA) is 52.0 Å². The van der Waals surface area contributed by atoms with Crippen molar-refractivity contribution in [3.63, 3.8) is 0 Å². The Kier molecular flexibility index (Phi) is 3.01. The Labute approximate surface area is 98.8 Å². The smallest absolute Gasteiger partial charge is 0.368 e. The van der Waals surface area contributed by atoms with Crippen molar-refractivity contribution in [2.45, 2.75) is 10.4 Å². The summed E-state index contributed by atoms with van der Waals surface area (Å²) in [5.41, 5.74) is 2.21. The van der Waals surface area contributed by atoms with Gasteiger partial charge >= 0.3 is 5.51 Å². The predicted molar refractivity (Wildman–Crippen MR) is 58.3 cm³/mol. The van der Waals surface area contributed by atoms with Gasteiger partial charge in [0.1, 0.15) is 5.69 Å². The van der Waals surface area contributed by atoms with E-state index >= 15 is 0 Å². The van der Waals surface area contributed by atoms with E-state index in [4.69, 9.17) is 5.73 Å². The van der Waals surface area contributed by atoms with Gasteiger partial charge in [0.05, 0.1) is 0 Å². The number of aromatic nitrogens is 1. The molecule has 0 unspecified atom stereocenters. The SMILES string of the molecule is Nc1cc(-c2ccc(SC(F)(F)F)cc2)no1. The van der Waals surface area contributed by atoms with Crippen molar-refractivity contribution >= 4 is 17.6 Å². The van der Waals surface area contributed by atoms with Crippen LogP contribution in [0.1, 0.15) is 0 Å². The minimum absolute atomic E-state index is 0.123. The van der Waals surface area contributed by atoms with Crippen LogP contribution in [0.2, 0.25) is 0 Å². The molecule has 0 saturated carbocycles. The van der Waals surface area contributed by atoms with E-state index in [-0.39, 0.29) is 22.5 Å². The summed E-state index contributed by atoms with van der Waals surface area (Å²) in [6.07, 6.45) is 0. The Morgan fingerprint density at radius 3 is 2.29 bits per heavy atom. The van der Waals surface area contributed by atoms with E-state index in [0.717, 1.165) is 0 Å². The van der Waals surface area contributed by atoms with Gasteiger partial charge in [0, 0.05) is 16.5 Å². The minimum atomic E-state index is -4.28. The van der Waals surface area contributed by atoms with Crippen molar-refractivity contribution in [2.75, 3.05) is 5.73 Å². The fourth-order valence-corrected chi connectivity index (χ4v) is 1.79. The lowest BCUT2D eigenvalue weighted by molar-refractivity contribution is -0.0328. The molecule has 1 aromatic carbocycles. The first kappa shape index (κ1) is 11.8. The molecule has 0 saturated heterocycles. The van der Waals surface area contributed by atoms with Crippen LogP contribution in [-0.2, 0) is 0 Å². The molecular weight excluding hydrogens is 253 g/mol. The molecule has 17 heavy (non-hydrogen) atoms. The molecule has 0 aliphatic heterocycles. The quantitative estimate of drug-likeness (QED) is 0.839. The molecule has 0 bridgehead atoms. The van der Waals surface area contributed by atoms with Gasteiger partial charge in [0.2, 0.25) is 5.88 Å². The largest absolute Gasteiger partial charge is 0.446 e. The van der Waals surface area contributed by atoms with Crippen molar-refractivity contribution < 1.29 is 17.7 Å². The fourth-order valence-electron chi connectivity index (χ4n) is 1.25. The van der Waals surface area contributed by atoms with E-state index < -0.39 is 5.51 Å². The molecule has 0 atom stereocenters. The second-order valence-corrected chi connectivity index (χ2v) is 4.33. The average molecular weight is 260 g/mol. The maximum Gasteiger partial charge on any atom is 0.446 e. The Balaban J connectivity index is 2.19. The van der Waals surface area contributed by atoms with E-state index in [9.17, 15) is 13.2 Å². The van der Waals surface area contributed by atoms with Crippen LogP contribution in [0, 0.1) is 0 Å². The molecule has 90 valence electrons. The second-order valence-electron chi connectivity index (χ2n) is 3.19. The third kappa shape index (κ3) is 3.16. The van der Waals surface area contributed by atoms with Crippen LogP contribution in [0.15, 0.2) is 39.8 Å². The molecule has 1 heterocycles. The molecule has 3 nitrogen and oxygen atoms in total. The Morgan fingerprint density at radius 2 is 1.82 bits per heavy atom. The number of hydrogen-bond acceptors (Lipinski definition) is 4. The zero-order chi connectivity index (χ0) is 12.5. The van der Waals surface area contributed by atoms with Gasteiger partial charge in [-0.1, -0.05) is 17.3 Å². The van der Waals surface area contributed by atoms with Crippen LogP contribution < -0.4 is 5.73 Å². The lowest BCUT2D eigenvalue weighted by Gasteiger charge is -2.05. The highest BCUT2D eigenvalue weighted by molar-refractivity contribution is 8.00. The van der Waals surface area contributed by atoms with Gasteiger partial charge in [-0.2, -0.15) is 13.2 Å². The molecule has 2 rings (SSSR count). The number of nitrogens with two attached hydrogens (primary N) is 1. The average Bonchev–Trinajstić information content (AvgIpc) is 2.63. The maximum absolute atomic E-state index is 12.1. The third-order valence-corrected chi connectivity index (χ3v) is 2.65. The highest BCUT2D eigenvalue weighted by atomic mass is 32.2. The Bertz CT molecular complexity index is 507. The first-order valence-corrected chi connectivity index (χ1v) is 5.34. The van der Waals surface area contributed by atoms with Crippen LogP contribution in [0.4, 0.5) is 19.1 Å². The molecular formula is C10H7F3N2OS. The normalized spacial score (nSPS) is 11.7. The van der Waals surface area contributed by atoms with Gasteiger partial charge < -0.3 is 10.3 Å². The zero-order valence-corrected chi connectivity index (χ0v) is 9.18. The van der Waals surface area contributed by atoms with Gasteiger partial charge in [0.25, 0.3) is 0 Å². The Hall–Kier alpha value is -1.63. The molecule has 2 aromatic rings. The van der Waals surface area contributed by atoms with Crippen LogP contribution >= 0.6 is 11.8 Å². The summed E-state index contributed by atoms with van der Waals surface area (Å²) in [4.78, 5) is 0.123. The molecule has 0 radical (unpaired) electrons. The van der Waals surface area contributed by atoms with Crippen LogP contribution in [0.5, 0.6) is 0 Å². The summed E-state index contributed by atoms with van der Waals surface area (Å²) in [5, 5.41) is 3.66. The van der Waals surface area contributed by atoms with Gasteiger partial charge in [0.15, 0.2) is 0 Å². The molecule has 0 aliphatic rings. The van der Waals surface area contributed by atoms with Gasteiger partial charge in [-0.05, 0) is 23.9 Å². The number of rotatable bonds is 2. The molecule has 0 spiro atoms. The van der Waals surface area contributed by atoms with Gasteiger partial charge in [-0.15, -0.1) is 0 Å². The molecule has 2 N–H and O–H groups in total. The Morgan fingerprint density at radius 1 is 1.18 bits per heavy atom. The number of nitrogen functional groups attached to an aromatic ring is 1. The number of nitrogens with zero attached hydrogens (tertiary/aromatic N) is 1. The summed E-state index contributed by atoms with van der Waals surface area (Å²) < 4.78 is 40.9. The van der Waals surface area contributed by atoms with E-state index in [2.05, 4.69) is 9.68 Å². The second kappa shape index (κ2) is 4.33. The van der Waals surface area contributed by atoms with Crippen LogP contribution in [0.3, 0.4) is 0 Å². The zero-order valence-electron chi connectivity index (χ0n) is 8.36. The van der Waals surface area contributed by atoms with Crippen molar-refractivity contribution in [3.05, 3.63) is 30.3 Å². The molecule has 0 aliphatic carbocycles. The summed E-state index contributed by atoms with van der Waals surface area (Å²) >= 11 is -0.159. The highest BCUT2D eigenvalue weighted by Crippen LogP contribution is 2.37. The predicted octanol–water partition coefficient (Wildman–Crippen LogP) is 3.54. The molecule has 0 amide bonds. The van der Waals surface area contributed by atoms with Crippen molar-refractivity contribution in [1.29, 1.82) is 0 Å². The van der Waals surface area contributed by atoms with Gasteiger partial charge in [-0.3, -0.25) is 0 Å². The van der Waals surface area contributed by atoms with E-state index in [0.29, 0.717) is 11.3 Å². The van der Waals surface area contributed by atoms with E-state index in [1.165, 1.54) is 30.3 Å². The summed E-state index contributed by atoms with van der Waals surface area (Å²) in [6, 6.07) is 7.32. The van der Waals surface area contributed by atoms with Crippen LogP contribution in [0.25, 0.3) is 11.3 Å². The first-order chi connectivity index (χ1) is 7.94. The van der Waals surface area contributed by atoms with Crippen molar-refractivity contribution in [3.8, 4) is 11.3 Å². The number of halogens is 3. The van der Waals surface area contributed by atoms with Crippen LogP contribution in [-0.4, -0.2) is 10.7 Å². The summed E-state index contributed by atoms with van der Waals surface area (Å²) in [7, 11) is 0. The number of thioether (sulfide) groups is 1. The number of alkyl halides is 3. The minimum Gasteiger partial charge on any atom is -0.368 e. The van der Waals surface area contributed by atoms with Crippen molar-refractivity contribution in [2.24, 2.45) is 0 Å². The van der Waals surface area contributed by atoms with E-state index in [1.54, 1.807) is 0 Å². The number of anilines is 1. The number of hydrogen-bond donors (Lipinski definition) is 1. The highest BCUT2D eigenvalue weighted by Gasteiger charge is 2.29. The van der Waals surface area contributed by atoms with Crippen molar-refractivity contribution in [1.82, 2.24) is 5.16 Å². The first-order valence-electron chi connectivity index (χ1n) is 4.52. The molecule has 0 fully saturated rings. The van der Waals surface area contributed by atoms with E-state index in [1.807, 2.05) is 0 Å². The summed E-state index contributed by atoms with van der Waals surface area (Å²) in [5.74, 6) is 0.161.